The molecule has 29 heavy (non-hydrogen) atoms. The zero-order valence-electron chi connectivity index (χ0n) is 15.0. The lowest BCUT2D eigenvalue weighted by atomic mass is 10.2. The molecular weight excluding hydrogens is 411 g/mol. The summed E-state index contributed by atoms with van der Waals surface area (Å²) < 4.78 is 65.8. The summed E-state index contributed by atoms with van der Waals surface area (Å²) in [6.45, 7) is 0.122. The van der Waals surface area contributed by atoms with E-state index in [1.807, 2.05) is 0 Å². The van der Waals surface area contributed by atoms with E-state index in [2.05, 4.69) is 14.9 Å². The van der Waals surface area contributed by atoms with Crippen LogP contribution in [0, 0.1) is 0 Å². The topological polar surface area (TPSA) is 105 Å². The largest absolute Gasteiger partial charge is 0.405 e. The highest BCUT2D eigenvalue weighted by molar-refractivity contribution is 7.89. The first-order chi connectivity index (χ1) is 13.6. The van der Waals surface area contributed by atoms with Gasteiger partial charge < -0.3 is 5.32 Å². The SMILES string of the molecule is CC(NS(=O)(=O)c1ccc(C(=O)NCC(F)(F)F)cc1)c1nnc2ccccn12. The molecule has 1 amide bonds. The summed E-state index contributed by atoms with van der Waals surface area (Å²) in [4.78, 5) is 11.6. The van der Waals surface area contributed by atoms with Crippen LogP contribution in [-0.2, 0) is 10.0 Å². The molecule has 12 heteroatoms. The zero-order valence-corrected chi connectivity index (χ0v) is 15.8. The second-order valence-electron chi connectivity index (χ2n) is 6.15. The van der Waals surface area contributed by atoms with Crippen LogP contribution in [0.25, 0.3) is 5.65 Å². The Hall–Kier alpha value is -2.99. The Balaban J connectivity index is 1.73. The number of sulfonamides is 1. The number of pyridine rings is 1. The number of aromatic nitrogens is 3. The monoisotopic (exact) mass is 427 g/mol. The maximum atomic E-state index is 12.6. The molecule has 1 atom stereocenters. The van der Waals surface area contributed by atoms with Crippen molar-refractivity contribution in [3.05, 3.63) is 60.0 Å². The van der Waals surface area contributed by atoms with Crippen LogP contribution in [0.15, 0.2) is 53.6 Å². The molecule has 3 aromatic rings. The minimum Gasteiger partial charge on any atom is -0.343 e. The van der Waals surface area contributed by atoms with E-state index in [1.165, 1.54) is 0 Å². The van der Waals surface area contributed by atoms with E-state index >= 15 is 0 Å². The Morgan fingerprint density at radius 2 is 1.83 bits per heavy atom. The van der Waals surface area contributed by atoms with Gasteiger partial charge in [-0.3, -0.25) is 9.20 Å². The molecule has 0 spiro atoms. The molecular formula is C17H16F3N5O3S. The molecule has 0 aliphatic carbocycles. The van der Waals surface area contributed by atoms with Gasteiger partial charge in [0.25, 0.3) is 5.91 Å². The van der Waals surface area contributed by atoms with Crippen LogP contribution in [0.1, 0.15) is 29.1 Å². The standard InChI is InChI=1S/C17H16F3N5O3S/c1-11(15-23-22-14-4-2-3-9-25(14)15)24-29(27,28)13-7-5-12(6-8-13)16(26)21-10-17(18,19)20/h2-9,11,24H,10H2,1H3,(H,21,26). The van der Waals surface area contributed by atoms with Crippen molar-refractivity contribution in [2.45, 2.75) is 24.0 Å². The number of nitrogens with one attached hydrogen (secondary N) is 2. The van der Waals surface area contributed by atoms with Crippen LogP contribution in [-0.4, -0.2) is 41.6 Å². The van der Waals surface area contributed by atoms with Gasteiger partial charge in [0.15, 0.2) is 11.5 Å². The van der Waals surface area contributed by atoms with Gasteiger partial charge in [0.2, 0.25) is 10.0 Å². The number of carbonyl (C=O) groups is 1. The van der Waals surface area contributed by atoms with Crippen molar-refractivity contribution in [1.82, 2.24) is 24.6 Å². The number of carbonyl (C=O) groups excluding carboxylic acids is 1. The lowest BCUT2D eigenvalue weighted by molar-refractivity contribution is -0.123. The second kappa shape index (κ2) is 7.79. The lowest BCUT2D eigenvalue weighted by Crippen LogP contribution is -2.33. The lowest BCUT2D eigenvalue weighted by Gasteiger charge is -2.13. The van der Waals surface area contributed by atoms with E-state index in [4.69, 9.17) is 0 Å². The number of nitrogens with zero attached hydrogens (tertiary/aromatic N) is 3. The van der Waals surface area contributed by atoms with E-state index < -0.39 is 34.7 Å². The molecule has 0 fully saturated rings. The number of alkyl halides is 3. The van der Waals surface area contributed by atoms with Crippen molar-refractivity contribution in [1.29, 1.82) is 0 Å². The molecule has 2 heterocycles. The van der Waals surface area contributed by atoms with Crippen LogP contribution in [0.4, 0.5) is 13.2 Å². The highest BCUT2D eigenvalue weighted by Gasteiger charge is 2.28. The van der Waals surface area contributed by atoms with Crippen LogP contribution in [0.5, 0.6) is 0 Å². The van der Waals surface area contributed by atoms with Crippen molar-refractivity contribution in [2.75, 3.05) is 6.54 Å². The first-order valence-electron chi connectivity index (χ1n) is 8.34. The molecule has 0 aliphatic rings. The van der Waals surface area contributed by atoms with E-state index in [-0.39, 0.29) is 10.5 Å². The number of amides is 1. The summed E-state index contributed by atoms with van der Waals surface area (Å²) in [5.74, 6) is -0.574. The zero-order chi connectivity index (χ0) is 21.2. The number of fused-ring (bicyclic) bond motifs is 1. The van der Waals surface area contributed by atoms with Crippen LogP contribution in [0.2, 0.25) is 0 Å². The van der Waals surface area contributed by atoms with Gasteiger partial charge in [-0.2, -0.15) is 13.2 Å². The van der Waals surface area contributed by atoms with Crippen LogP contribution < -0.4 is 10.0 Å². The smallest absolute Gasteiger partial charge is 0.343 e. The minimum atomic E-state index is -4.54. The Morgan fingerprint density at radius 3 is 2.48 bits per heavy atom. The first-order valence-corrected chi connectivity index (χ1v) is 9.82. The third kappa shape index (κ3) is 4.90. The highest BCUT2D eigenvalue weighted by atomic mass is 32.2. The van der Waals surface area contributed by atoms with Gasteiger partial charge in [-0.15, -0.1) is 10.2 Å². The van der Waals surface area contributed by atoms with Gasteiger partial charge in [0.05, 0.1) is 10.9 Å². The molecule has 0 radical (unpaired) electrons. The fourth-order valence-electron chi connectivity index (χ4n) is 2.58. The number of hydrogen-bond donors (Lipinski definition) is 2. The summed E-state index contributed by atoms with van der Waals surface area (Å²) >= 11 is 0. The summed E-state index contributed by atoms with van der Waals surface area (Å²) in [6, 6.07) is 9.08. The average Bonchev–Trinajstić information content (AvgIpc) is 3.09. The van der Waals surface area contributed by atoms with E-state index in [9.17, 15) is 26.4 Å². The second-order valence-corrected chi connectivity index (χ2v) is 7.87. The molecule has 1 unspecified atom stereocenters. The van der Waals surface area contributed by atoms with Crippen LogP contribution in [0.3, 0.4) is 0 Å². The van der Waals surface area contributed by atoms with Crippen molar-refractivity contribution < 1.29 is 26.4 Å². The molecule has 0 aliphatic heterocycles. The predicted octanol–water partition coefficient (Wildman–Crippen LogP) is 2.06. The number of benzene rings is 1. The van der Waals surface area contributed by atoms with Gasteiger partial charge in [-0.05, 0) is 43.3 Å². The van der Waals surface area contributed by atoms with Gasteiger partial charge in [-0.25, -0.2) is 13.1 Å². The van der Waals surface area contributed by atoms with E-state index in [1.54, 1.807) is 41.0 Å². The van der Waals surface area contributed by atoms with E-state index in [0.717, 1.165) is 24.3 Å². The number of hydrogen-bond acceptors (Lipinski definition) is 5. The van der Waals surface area contributed by atoms with Gasteiger partial charge in [0.1, 0.15) is 6.54 Å². The van der Waals surface area contributed by atoms with Crippen molar-refractivity contribution in [3.8, 4) is 0 Å². The molecule has 2 aromatic heterocycles. The molecule has 0 saturated carbocycles. The third-order valence-electron chi connectivity index (χ3n) is 3.94. The summed E-state index contributed by atoms with van der Waals surface area (Å²) in [6.07, 6.45) is -2.84. The molecule has 1 aromatic carbocycles. The molecule has 2 N–H and O–H groups in total. The Kier molecular flexibility index (Phi) is 5.57. The van der Waals surface area contributed by atoms with Gasteiger partial charge >= 0.3 is 6.18 Å². The van der Waals surface area contributed by atoms with Crippen LogP contribution >= 0.6 is 0 Å². The highest BCUT2D eigenvalue weighted by Crippen LogP contribution is 2.18. The van der Waals surface area contributed by atoms with Crippen molar-refractivity contribution >= 4 is 21.6 Å². The first kappa shape index (κ1) is 20.7. The summed E-state index contributed by atoms with van der Waals surface area (Å²) in [5, 5.41) is 9.67. The van der Waals surface area contributed by atoms with Crippen molar-refractivity contribution in [2.24, 2.45) is 0 Å². The Labute approximate surface area is 163 Å². The predicted molar refractivity (Wildman–Crippen MR) is 96.6 cm³/mol. The molecule has 8 nitrogen and oxygen atoms in total. The third-order valence-corrected chi connectivity index (χ3v) is 5.49. The Morgan fingerprint density at radius 1 is 1.14 bits per heavy atom. The molecule has 0 saturated heterocycles. The molecule has 154 valence electrons. The number of rotatable bonds is 6. The summed E-state index contributed by atoms with van der Waals surface area (Å²) in [5.41, 5.74) is 0.465. The van der Waals surface area contributed by atoms with Gasteiger partial charge in [-0.1, -0.05) is 6.07 Å². The summed E-state index contributed by atoms with van der Waals surface area (Å²) in [7, 11) is -3.98. The number of halogens is 3. The maximum absolute atomic E-state index is 12.6. The minimum absolute atomic E-state index is 0.0929. The van der Waals surface area contributed by atoms with Gasteiger partial charge in [0, 0.05) is 11.8 Å². The Bertz CT molecular complexity index is 1130. The van der Waals surface area contributed by atoms with Crippen molar-refractivity contribution in [3.63, 3.8) is 0 Å². The average molecular weight is 427 g/mol. The fourth-order valence-corrected chi connectivity index (χ4v) is 3.78. The normalized spacial score (nSPS) is 13.4. The molecule has 0 bridgehead atoms. The van der Waals surface area contributed by atoms with E-state index in [0.29, 0.717) is 11.5 Å². The molecule has 3 rings (SSSR count). The quantitative estimate of drug-likeness (QED) is 0.627. The maximum Gasteiger partial charge on any atom is 0.405 e. The fraction of sp³-hybridized carbons (Fsp3) is 0.235.